The van der Waals surface area contributed by atoms with Gasteiger partial charge in [-0.25, -0.2) is 0 Å². The highest BCUT2D eigenvalue weighted by Gasteiger charge is 2.27. The van der Waals surface area contributed by atoms with Gasteiger partial charge in [0.05, 0.1) is 16.6 Å². The van der Waals surface area contributed by atoms with Crippen LogP contribution in [-0.4, -0.2) is 23.4 Å². The summed E-state index contributed by atoms with van der Waals surface area (Å²) in [5.74, 6) is -0.247. The van der Waals surface area contributed by atoms with Crippen molar-refractivity contribution in [2.45, 2.75) is 18.8 Å². The molecule has 1 saturated carbocycles. The van der Waals surface area contributed by atoms with Crippen molar-refractivity contribution in [1.29, 1.82) is 5.26 Å². The number of nitrogens with one attached hydrogen (secondary N) is 2. The third kappa shape index (κ3) is 4.17. The van der Waals surface area contributed by atoms with Gasteiger partial charge in [0.2, 0.25) is 0 Å². The molecule has 0 bridgehead atoms. The first kappa shape index (κ1) is 18.4. The Morgan fingerprint density at radius 3 is 2.66 bits per heavy atom. The number of hydrazine groups is 1. The van der Waals surface area contributed by atoms with E-state index in [0.29, 0.717) is 22.8 Å². The summed E-state index contributed by atoms with van der Waals surface area (Å²) in [6, 6.07) is 17.8. The highest BCUT2D eigenvalue weighted by molar-refractivity contribution is 6.06. The maximum atomic E-state index is 12.7. The van der Waals surface area contributed by atoms with Crippen LogP contribution in [0.4, 0.5) is 0 Å². The van der Waals surface area contributed by atoms with Crippen molar-refractivity contribution in [3.8, 4) is 11.8 Å². The number of fused-ring (bicyclic) bond motifs is 1. The van der Waals surface area contributed by atoms with E-state index in [1.54, 1.807) is 30.3 Å². The Morgan fingerprint density at radius 2 is 1.86 bits per heavy atom. The van der Waals surface area contributed by atoms with Gasteiger partial charge in [0.1, 0.15) is 11.8 Å². The lowest BCUT2D eigenvalue weighted by molar-refractivity contribution is -0.123. The van der Waals surface area contributed by atoms with Crippen LogP contribution in [0.1, 0.15) is 40.4 Å². The summed E-state index contributed by atoms with van der Waals surface area (Å²) in [5.41, 5.74) is 7.24. The van der Waals surface area contributed by atoms with Gasteiger partial charge < -0.3 is 4.74 Å². The Kier molecular flexibility index (Phi) is 5.08. The van der Waals surface area contributed by atoms with E-state index < -0.39 is 11.8 Å². The van der Waals surface area contributed by atoms with Crippen molar-refractivity contribution in [1.82, 2.24) is 15.8 Å². The van der Waals surface area contributed by atoms with Crippen molar-refractivity contribution in [3.05, 3.63) is 71.4 Å². The van der Waals surface area contributed by atoms with E-state index >= 15 is 0 Å². The average molecular weight is 386 g/mol. The van der Waals surface area contributed by atoms with Gasteiger partial charge in [-0.15, -0.1) is 0 Å². The molecule has 4 rings (SSSR count). The number of hydrogen-bond donors (Lipinski definition) is 2. The number of amides is 2. The zero-order valence-electron chi connectivity index (χ0n) is 15.5. The smallest absolute Gasteiger partial charge is 0.276 e. The number of rotatable bonds is 5. The SMILES string of the molecule is N#Cc1ccccc1OCC(=O)NNC(=O)c1cc(C2CC2)nc2ccccc12. The summed E-state index contributed by atoms with van der Waals surface area (Å²) >= 11 is 0. The maximum Gasteiger partial charge on any atom is 0.276 e. The van der Waals surface area contributed by atoms with Crippen LogP contribution in [0.3, 0.4) is 0 Å². The van der Waals surface area contributed by atoms with Crippen molar-refractivity contribution >= 4 is 22.7 Å². The van der Waals surface area contributed by atoms with E-state index in [-0.39, 0.29) is 6.61 Å². The van der Waals surface area contributed by atoms with Gasteiger partial charge in [-0.2, -0.15) is 5.26 Å². The topological polar surface area (TPSA) is 104 Å². The van der Waals surface area contributed by atoms with Gasteiger partial charge in [-0.3, -0.25) is 25.4 Å². The molecular formula is C22H18N4O3. The molecular weight excluding hydrogens is 368 g/mol. The van der Waals surface area contributed by atoms with Crippen LogP contribution in [0, 0.1) is 11.3 Å². The summed E-state index contributed by atoms with van der Waals surface area (Å²) in [4.78, 5) is 29.4. The van der Waals surface area contributed by atoms with E-state index in [9.17, 15) is 9.59 Å². The molecule has 1 aliphatic carbocycles. The van der Waals surface area contributed by atoms with Gasteiger partial charge >= 0.3 is 0 Å². The van der Waals surface area contributed by atoms with Crippen molar-refractivity contribution in [2.24, 2.45) is 0 Å². The molecule has 1 fully saturated rings. The van der Waals surface area contributed by atoms with E-state index in [1.165, 1.54) is 0 Å². The Morgan fingerprint density at radius 1 is 1.10 bits per heavy atom. The number of para-hydroxylation sites is 2. The minimum absolute atomic E-state index is 0.311. The average Bonchev–Trinajstić information content (AvgIpc) is 3.61. The van der Waals surface area contributed by atoms with Gasteiger partial charge in [0.15, 0.2) is 6.61 Å². The van der Waals surface area contributed by atoms with Crippen LogP contribution in [-0.2, 0) is 4.79 Å². The second kappa shape index (κ2) is 7.98. The molecule has 0 spiro atoms. The standard InChI is InChI=1S/C22H18N4O3/c23-12-15-5-1-4-8-20(15)29-13-21(27)25-26-22(28)17-11-19(14-9-10-14)24-18-7-3-2-6-16(17)18/h1-8,11,14H,9-10,13H2,(H,25,27)(H,26,28). The molecule has 29 heavy (non-hydrogen) atoms. The molecule has 3 aromatic rings. The lowest BCUT2D eigenvalue weighted by Gasteiger charge is -2.12. The predicted molar refractivity (Wildman–Crippen MR) is 106 cm³/mol. The molecule has 0 radical (unpaired) electrons. The largest absolute Gasteiger partial charge is 0.482 e. The fourth-order valence-corrected chi connectivity index (χ4v) is 3.03. The minimum atomic E-state index is -0.535. The first-order valence-corrected chi connectivity index (χ1v) is 9.26. The fraction of sp³-hybridized carbons (Fsp3) is 0.182. The van der Waals surface area contributed by atoms with Crippen LogP contribution in [0.15, 0.2) is 54.6 Å². The van der Waals surface area contributed by atoms with Crippen molar-refractivity contribution in [3.63, 3.8) is 0 Å². The summed E-state index contributed by atoms with van der Waals surface area (Å²) in [7, 11) is 0. The Balaban J connectivity index is 1.42. The third-order valence-corrected chi connectivity index (χ3v) is 4.66. The molecule has 1 aromatic heterocycles. The molecule has 2 aromatic carbocycles. The number of hydrogen-bond acceptors (Lipinski definition) is 5. The zero-order valence-corrected chi connectivity index (χ0v) is 15.5. The minimum Gasteiger partial charge on any atom is -0.482 e. The molecule has 0 saturated heterocycles. The van der Waals surface area contributed by atoms with E-state index in [2.05, 4.69) is 15.8 Å². The van der Waals surface area contributed by atoms with Crippen LogP contribution in [0.25, 0.3) is 10.9 Å². The van der Waals surface area contributed by atoms with Gasteiger partial charge in [0.25, 0.3) is 11.8 Å². The monoisotopic (exact) mass is 386 g/mol. The van der Waals surface area contributed by atoms with Gasteiger partial charge in [0, 0.05) is 17.0 Å². The Labute approximate surface area is 167 Å². The number of carbonyl (C=O) groups excluding carboxylic acids is 2. The Hall–Kier alpha value is -3.92. The van der Waals surface area contributed by atoms with E-state index in [0.717, 1.165) is 29.4 Å². The molecule has 1 aliphatic rings. The lowest BCUT2D eigenvalue weighted by atomic mass is 10.1. The number of nitrogens with zero attached hydrogens (tertiary/aromatic N) is 2. The third-order valence-electron chi connectivity index (χ3n) is 4.66. The predicted octanol–water partition coefficient (Wildman–Crippen LogP) is 2.82. The van der Waals surface area contributed by atoms with Crippen LogP contribution < -0.4 is 15.6 Å². The first-order chi connectivity index (χ1) is 14.2. The first-order valence-electron chi connectivity index (χ1n) is 9.26. The molecule has 7 heteroatoms. The fourth-order valence-electron chi connectivity index (χ4n) is 3.03. The quantitative estimate of drug-likeness (QED) is 0.656. The number of nitriles is 1. The van der Waals surface area contributed by atoms with E-state index in [4.69, 9.17) is 10.00 Å². The molecule has 144 valence electrons. The number of aromatic nitrogens is 1. The molecule has 2 amide bonds. The van der Waals surface area contributed by atoms with Crippen LogP contribution in [0.5, 0.6) is 5.75 Å². The second-order valence-electron chi connectivity index (χ2n) is 6.79. The number of pyridine rings is 1. The molecule has 0 atom stereocenters. The molecule has 7 nitrogen and oxygen atoms in total. The number of benzene rings is 2. The van der Waals surface area contributed by atoms with Crippen LogP contribution >= 0.6 is 0 Å². The summed E-state index contributed by atoms with van der Waals surface area (Å²) in [5, 5.41) is 9.77. The highest BCUT2D eigenvalue weighted by Crippen LogP contribution is 2.40. The van der Waals surface area contributed by atoms with E-state index in [1.807, 2.05) is 30.3 Å². The molecule has 2 N–H and O–H groups in total. The molecule has 0 unspecified atom stereocenters. The van der Waals surface area contributed by atoms with Crippen LogP contribution in [0.2, 0.25) is 0 Å². The highest BCUT2D eigenvalue weighted by atomic mass is 16.5. The number of carbonyl (C=O) groups is 2. The second-order valence-corrected chi connectivity index (χ2v) is 6.79. The van der Waals surface area contributed by atoms with Crippen molar-refractivity contribution in [2.75, 3.05) is 6.61 Å². The summed E-state index contributed by atoms with van der Waals surface area (Å²) < 4.78 is 5.36. The number of ether oxygens (including phenoxy) is 1. The normalized spacial score (nSPS) is 12.8. The zero-order chi connectivity index (χ0) is 20.2. The molecule has 0 aliphatic heterocycles. The maximum absolute atomic E-state index is 12.7. The van der Waals surface area contributed by atoms with Gasteiger partial charge in [-0.05, 0) is 37.1 Å². The van der Waals surface area contributed by atoms with Gasteiger partial charge in [-0.1, -0.05) is 30.3 Å². The van der Waals surface area contributed by atoms with Crippen molar-refractivity contribution < 1.29 is 14.3 Å². The molecule has 1 heterocycles. The lowest BCUT2D eigenvalue weighted by Crippen LogP contribution is -2.44. The Bertz CT molecular complexity index is 1130. The summed E-state index contributed by atoms with van der Waals surface area (Å²) in [6.07, 6.45) is 2.15. The summed E-state index contributed by atoms with van der Waals surface area (Å²) in [6.45, 7) is -0.330.